The Balaban J connectivity index is 2.04. The van der Waals surface area contributed by atoms with Crippen molar-refractivity contribution in [2.45, 2.75) is 19.9 Å². The zero-order valence-electron chi connectivity index (χ0n) is 14.0. The summed E-state index contributed by atoms with van der Waals surface area (Å²) in [6, 6.07) is 19.8. The lowest BCUT2D eigenvalue weighted by Gasteiger charge is -2.12. The molecule has 25 heavy (non-hydrogen) atoms. The molecule has 1 aromatic heterocycles. The van der Waals surface area contributed by atoms with Crippen LogP contribution in [-0.2, 0) is 22.5 Å². The fraction of sp³-hybridized carbons (Fsp3) is 0.200. The molecule has 0 aliphatic rings. The lowest BCUT2D eigenvalue weighted by Crippen LogP contribution is -2.13. The van der Waals surface area contributed by atoms with Crippen molar-refractivity contribution in [3.05, 3.63) is 77.1 Å². The van der Waals surface area contributed by atoms with Crippen LogP contribution in [0.3, 0.4) is 0 Å². The third kappa shape index (κ3) is 4.09. The smallest absolute Gasteiger partial charge is 0.311 e. The molecule has 5 heteroatoms. The fourth-order valence-corrected chi connectivity index (χ4v) is 2.97. The van der Waals surface area contributed by atoms with Crippen molar-refractivity contribution in [1.29, 1.82) is 0 Å². The maximum Gasteiger partial charge on any atom is 0.311 e. The normalized spacial score (nSPS) is 10.6. The fourth-order valence-electron chi connectivity index (χ4n) is 2.72. The highest BCUT2D eigenvalue weighted by Crippen LogP contribution is 2.27. The second-order valence-electron chi connectivity index (χ2n) is 5.59. The molecule has 0 saturated heterocycles. The summed E-state index contributed by atoms with van der Waals surface area (Å²) in [5, 5.41) is 0.336. The van der Waals surface area contributed by atoms with E-state index in [1.165, 1.54) is 0 Å². The lowest BCUT2D eigenvalue weighted by atomic mass is 10.2. The minimum atomic E-state index is -0.307. The van der Waals surface area contributed by atoms with Crippen LogP contribution in [0.1, 0.15) is 18.2 Å². The van der Waals surface area contributed by atoms with Crippen molar-refractivity contribution >= 4 is 17.6 Å². The molecule has 3 rings (SSSR count). The predicted octanol–water partition coefficient (Wildman–Crippen LogP) is 4.36. The summed E-state index contributed by atoms with van der Waals surface area (Å²) >= 11 is 6.37. The number of nitrogens with zero attached hydrogens (tertiary/aromatic N) is 2. The third-order valence-corrected chi connectivity index (χ3v) is 4.16. The van der Waals surface area contributed by atoms with Crippen LogP contribution in [0.15, 0.2) is 60.7 Å². The lowest BCUT2D eigenvalue weighted by molar-refractivity contribution is -0.142. The number of imidazole rings is 1. The molecule has 0 amide bonds. The minimum Gasteiger partial charge on any atom is -0.466 e. The van der Waals surface area contributed by atoms with Crippen molar-refractivity contribution in [3.63, 3.8) is 0 Å². The molecule has 2 aromatic carbocycles. The number of carbonyl (C=O) groups is 1. The van der Waals surface area contributed by atoms with Crippen LogP contribution in [0.5, 0.6) is 0 Å². The average Bonchev–Trinajstić information content (AvgIpc) is 2.93. The molecular formula is C20H19ClN2O2. The number of carbonyl (C=O) groups excluding carboxylic acids is 1. The van der Waals surface area contributed by atoms with Gasteiger partial charge in [0.15, 0.2) is 5.15 Å². The number of rotatable bonds is 6. The number of esters is 1. The molecule has 0 N–H and O–H groups in total. The molecule has 0 saturated carbocycles. The standard InChI is InChI=1S/C20H19ClN2O2/c1-2-25-18(24)13-17-19(21)22-20(16-11-7-4-8-12-16)23(17)14-15-9-5-3-6-10-15/h3-12H,2,13-14H2,1H3. The molecule has 3 aromatic rings. The molecule has 0 unspecified atom stereocenters. The molecule has 0 fully saturated rings. The zero-order chi connectivity index (χ0) is 17.6. The van der Waals surface area contributed by atoms with E-state index in [9.17, 15) is 4.79 Å². The van der Waals surface area contributed by atoms with Crippen LogP contribution in [0, 0.1) is 0 Å². The van der Waals surface area contributed by atoms with Crippen molar-refractivity contribution in [2.24, 2.45) is 0 Å². The Morgan fingerprint density at radius 3 is 2.36 bits per heavy atom. The molecule has 128 valence electrons. The predicted molar refractivity (Wildman–Crippen MR) is 98.6 cm³/mol. The summed E-state index contributed by atoms with van der Waals surface area (Å²) in [6.45, 7) is 2.71. The highest BCUT2D eigenvalue weighted by Gasteiger charge is 2.20. The Morgan fingerprint density at radius 1 is 1.08 bits per heavy atom. The number of benzene rings is 2. The van der Waals surface area contributed by atoms with Gasteiger partial charge in [-0.25, -0.2) is 4.98 Å². The summed E-state index contributed by atoms with van der Waals surface area (Å²) in [6.07, 6.45) is 0.0966. The van der Waals surface area contributed by atoms with Gasteiger partial charge in [-0.05, 0) is 12.5 Å². The van der Waals surface area contributed by atoms with Gasteiger partial charge < -0.3 is 9.30 Å². The van der Waals surface area contributed by atoms with Gasteiger partial charge in [-0.2, -0.15) is 0 Å². The minimum absolute atomic E-state index is 0.0966. The van der Waals surface area contributed by atoms with Crippen LogP contribution in [0.2, 0.25) is 5.15 Å². The van der Waals surface area contributed by atoms with Crippen LogP contribution in [0.4, 0.5) is 0 Å². The highest BCUT2D eigenvalue weighted by molar-refractivity contribution is 6.30. The molecule has 0 bridgehead atoms. The average molecular weight is 355 g/mol. The van der Waals surface area contributed by atoms with Crippen molar-refractivity contribution < 1.29 is 9.53 Å². The van der Waals surface area contributed by atoms with Gasteiger partial charge >= 0.3 is 5.97 Å². The monoisotopic (exact) mass is 354 g/mol. The van der Waals surface area contributed by atoms with E-state index in [2.05, 4.69) is 4.98 Å². The quantitative estimate of drug-likeness (QED) is 0.618. The number of hydrogen-bond donors (Lipinski definition) is 0. The van der Waals surface area contributed by atoms with Gasteiger partial charge in [-0.3, -0.25) is 4.79 Å². The van der Waals surface area contributed by atoms with Crippen molar-refractivity contribution in [1.82, 2.24) is 9.55 Å². The third-order valence-electron chi connectivity index (χ3n) is 3.86. The van der Waals surface area contributed by atoms with E-state index in [0.29, 0.717) is 24.0 Å². The molecule has 1 heterocycles. The maximum atomic E-state index is 12.0. The molecule has 0 aliphatic heterocycles. The van der Waals surface area contributed by atoms with Crippen LogP contribution in [0.25, 0.3) is 11.4 Å². The Hall–Kier alpha value is -2.59. The number of ether oxygens (including phenoxy) is 1. The Morgan fingerprint density at radius 2 is 1.72 bits per heavy atom. The topological polar surface area (TPSA) is 44.1 Å². The van der Waals surface area contributed by atoms with Gasteiger partial charge in [0.25, 0.3) is 0 Å². The largest absolute Gasteiger partial charge is 0.466 e. The zero-order valence-corrected chi connectivity index (χ0v) is 14.7. The number of hydrogen-bond acceptors (Lipinski definition) is 3. The van der Waals surface area contributed by atoms with Gasteiger partial charge in [0.05, 0.1) is 18.7 Å². The second-order valence-corrected chi connectivity index (χ2v) is 5.95. The molecule has 0 atom stereocenters. The van der Waals surface area contributed by atoms with Crippen LogP contribution < -0.4 is 0 Å². The van der Waals surface area contributed by atoms with Gasteiger partial charge in [0.1, 0.15) is 5.82 Å². The first-order valence-electron chi connectivity index (χ1n) is 8.19. The van der Waals surface area contributed by atoms with Gasteiger partial charge in [-0.1, -0.05) is 72.3 Å². The van der Waals surface area contributed by atoms with E-state index < -0.39 is 0 Å². The summed E-state index contributed by atoms with van der Waals surface area (Å²) in [4.78, 5) is 16.5. The van der Waals surface area contributed by atoms with E-state index in [1.54, 1.807) is 6.92 Å². The summed E-state index contributed by atoms with van der Waals surface area (Å²) in [7, 11) is 0. The highest BCUT2D eigenvalue weighted by atomic mass is 35.5. The first-order valence-corrected chi connectivity index (χ1v) is 8.56. The first-order chi connectivity index (χ1) is 12.2. The Kier molecular flexibility index (Phi) is 5.51. The molecule has 4 nitrogen and oxygen atoms in total. The van der Waals surface area contributed by atoms with Crippen molar-refractivity contribution in [3.8, 4) is 11.4 Å². The second kappa shape index (κ2) is 7.99. The maximum absolute atomic E-state index is 12.0. The van der Waals surface area contributed by atoms with Gasteiger partial charge in [0.2, 0.25) is 0 Å². The van der Waals surface area contributed by atoms with Gasteiger partial charge in [-0.15, -0.1) is 0 Å². The molecule has 0 spiro atoms. The van der Waals surface area contributed by atoms with E-state index in [1.807, 2.05) is 65.2 Å². The van der Waals surface area contributed by atoms with Crippen LogP contribution in [-0.4, -0.2) is 22.1 Å². The molecule has 0 radical (unpaired) electrons. The van der Waals surface area contributed by atoms with E-state index in [0.717, 1.165) is 17.0 Å². The van der Waals surface area contributed by atoms with E-state index in [4.69, 9.17) is 16.3 Å². The number of aromatic nitrogens is 2. The summed E-state index contributed by atoms with van der Waals surface area (Å²) in [5.41, 5.74) is 2.73. The van der Waals surface area contributed by atoms with Crippen molar-refractivity contribution in [2.75, 3.05) is 6.61 Å². The first kappa shape index (κ1) is 17.2. The SMILES string of the molecule is CCOC(=O)Cc1c(Cl)nc(-c2ccccc2)n1Cc1ccccc1. The van der Waals surface area contributed by atoms with E-state index in [-0.39, 0.29) is 12.4 Å². The van der Waals surface area contributed by atoms with E-state index >= 15 is 0 Å². The van der Waals surface area contributed by atoms with Gasteiger partial charge in [0, 0.05) is 12.1 Å². The van der Waals surface area contributed by atoms with Crippen LogP contribution >= 0.6 is 11.6 Å². The summed E-state index contributed by atoms with van der Waals surface area (Å²) in [5.74, 6) is 0.437. The summed E-state index contributed by atoms with van der Waals surface area (Å²) < 4.78 is 7.07. The Labute approximate surface area is 152 Å². The number of halogens is 1. The molecular weight excluding hydrogens is 336 g/mol. The Bertz CT molecular complexity index is 845. The molecule has 0 aliphatic carbocycles.